The molecule has 0 N–H and O–H groups in total. The van der Waals surface area contributed by atoms with Crippen LogP contribution in [-0.2, 0) is 32.8 Å². The molecule has 0 aliphatic carbocycles. The molecule has 6 fully saturated rings. The first kappa shape index (κ1) is 45.5. The molecule has 1 aromatic carbocycles. The van der Waals surface area contributed by atoms with Crippen LogP contribution in [0.25, 0.3) is 0 Å². The number of hydrogen-bond acceptors (Lipinski definition) is 8. The molecule has 0 radical (unpaired) electrons. The van der Waals surface area contributed by atoms with Gasteiger partial charge < -0.3 is 32.8 Å². The predicted octanol–water partition coefficient (Wildman–Crippen LogP) is 11.7. The number of fused-ring (bicyclic) bond motifs is 4. The Kier molecular flexibility index (Phi) is 14.1. The SMILES string of the molecule is CC(CCSc1ccccc1)[C@]1(C)O[C@@H]2C[C@H](C)C[C@@H]3O[C@@H]4[C@@H](C)[C@H](C)[C@@H]5O[C@]6(C[C@H](C)CO6)[C@@H](C)[C@H](C)[C@H]5O[C@H]4C[C@H]3O[C@H]2C[C@H]1O[Si](C(C)C)(C(C)C)C(C)C. The normalized spacial score (nSPS) is 45.2. The lowest BCUT2D eigenvalue weighted by Crippen LogP contribution is -2.65. The van der Waals surface area contributed by atoms with Crippen LogP contribution in [0.3, 0.4) is 0 Å². The van der Waals surface area contributed by atoms with E-state index < -0.39 is 19.7 Å². The van der Waals surface area contributed by atoms with Crippen LogP contribution in [0.2, 0.25) is 16.6 Å². The largest absolute Gasteiger partial charge is 0.410 e. The van der Waals surface area contributed by atoms with Gasteiger partial charge in [-0.15, -0.1) is 11.8 Å². The summed E-state index contributed by atoms with van der Waals surface area (Å²) in [5, 5.41) is 0. The van der Waals surface area contributed by atoms with E-state index >= 15 is 0 Å². The Labute approximate surface area is 359 Å². The van der Waals surface area contributed by atoms with Crippen LogP contribution < -0.4 is 0 Å². The first-order valence-electron chi connectivity index (χ1n) is 23.7. The number of hydrogen-bond donors (Lipinski definition) is 0. The molecule has 0 bridgehead atoms. The minimum Gasteiger partial charge on any atom is -0.410 e. The van der Waals surface area contributed by atoms with Crippen LogP contribution >= 0.6 is 11.8 Å². The van der Waals surface area contributed by atoms with Gasteiger partial charge in [0, 0.05) is 30.1 Å². The Balaban J connectivity index is 1.14. The lowest BCUT2D eigenvalue weighted by atomic mass is 9.73. The summed E-state index contributed by atoms with van der Waals surface area (Å²) in [7, 11) is -2.25. The van der Waals surface area contributed by atoms with Crippen molar-refractivity contribution in [1.82, 2.24) is 0 Å². The molecule has 0 amide bonds. The molecule has 1 aromatic rings. The summed E-state index contributed by atoms with van der Waals surface area (Å²) in [5.41, 5.74) is 1.02. The van der Waals surface area contributed by atoms with Crippen LogP contribution in [0, 0.1) is 41.4 Å². The molecule has 6 aliphatic rings. The van der Waals surface area contributed by atoms with Gasteiger partial charge in [0.2, 0.25) is 8.32 Å². The molecule has 18 atom stereocenters. The average Bonchev–Trinajstić information content (AvgIpc) is 3.51. The van der Waals surface area contributed by atoms with Gasteiger partial charge in [-0.3, -0.25) is 0 Å². The van der Waals surface area contributed by atoms with Gasteiger partial charge in [-0.2, -0.15) is 0 Å². The molecule has 6 saturated heterocycles. The van der Waals surface area contributed by atoms with Crippen molar-refractivity contribution in [1.29, 1.82) is 0 Å². The number of rotatable bonds is 10. The molecule has 0 saturated carbocycles. The highest BCUT2D eigenvalue weighted by atomic mass is 32.2. The van der Waals surface area contributed by atoms with Crippen LogP contribution in [0.1, 0.15) is 135 Å². The van der Waals surface area contributed by atoms with Crippen LogP contribution in [0.5, 0.6) is 0 Å². The van der Waals surface area contributed by atoms with E-state index in [1.165, 1.54) is 4.90 Å². The second kappa shape index (κ2) is 17.9. The maximum absolute atomic E-state index is 7.85. The molecule has 0 aromatic heterocycles. The number of benzene rings is 1. The predicted molar refractivity (Wildman–Crippen MR) is 238 cm³/mol. The van der Waals surface area contributed by atoms with Crippen molar-refractivity contribution in [2.24, 2.45) is 41.4 Å². The van der Waals surface area contributed by atoms with Gasteiger partial charge in [0.1, 0.15) is 0 Å². The average molecular weight is 843 g/mol. The number of ether oxygens (including phenoxy) is 6. The van der Waals surface area contributed by atoms with E-state index in [-0.39, 0.29) is 72.7 Å². The van der Waals surface area contributed by atoms with Crippen molar-refractivity contribution < 1.29 is 32.8 Å². The zero-order valence-electron chi connectivity index (χ0n) is 38.8. The van der Waals surface area contributed by atoms with Crippen molar-refractivity contribution in [3.8, 4) is 0 Å². The topological polar surface area (TPSA) is 64.6 Å². The van der Waals surface area contributed by atoms with Gasteiger partial charge in [0.25, 0.3) is 0 Å². The summed E-state index contributed by atoms with van der Waals surface area (Å²) in [6, 6.07) is 10.8. The van der Waals surface area contributed by atoms with E-state index in [0.29, 0.717) is 40.3 Å². The Hall–Kier alpha value is -0.493. The van der Waals surface area contributed by atoms with Crippen molar-refractivity contribution in [2.45, 2.75) is 223 Å². The van der Waals surface area contributed by atoms with E-state index in [1.807, 2.05) is 11.8 Å². The molecular weight excluding hydrogens is 761 g/mol. The molecule has 330 valence electrons. The van der Waals surface area contributed by atoms with Crippen molar-refractivity contribution in [3.63, 3.8) is 0 Å². The summed E-state index contributed by atoms with van der Waals surface area (Å²) in [5.74, 6) is 2.91. The van der Waals surface area contributed by atoms with Gasteiger partial charge in [-0.1, -0.05) is 108 Å². The molecule has 58 heavy (non-hydrogen) atoms. The summed E-state index contributed by atoms with van der Waals surface area (Å²) in [6.07, 6.45) is 5.41. The highest BCUT2D eigenvalue weighted by Gasteiger charge is 2.61. The maximum Gasteiger partial charge on any atom is 0.200 e. The van der Waals surface area contributed by atoms with Gasteiger partial charge in [0.15, 0.2) is 5.79 Å². The molecular formula is C49H82O7SSi. The molecule has 6 aliphatic heterocycles. The third-order valence-corrected chi connectivity index (χ3v) is 24.0. The van der Waals surface area contributed by atoms with E-state index in [2.05, 4.69) is 127 Å². The summed E-state index contributed by atoms with van der Waals surface area (Å²) in [4.78, 5) is 1.33. The van der Waals surface area contributed by atoms with E-state index in [0.717, 1.165) is 50.9 Å². The minimum absolute atomic E-state index is 0.00433. The van der Waals surface area contributed by atoms with E-state index in [1.54, 1.807) is 0 Å². The summed E-state index contributed by atoms with van der Waals surface area (Å²) in [6.45, 7) is 34.1. The first-order chi connectivity index (χ1) is 27.4. The van der Waals surface area contributed by atoms with Gasteiger partial charge in [0.05, 0.1) is 67.1 Å². The third-order valence-electron chi connectivity index (χ3n) is 16.8. The molecule has 7 rings (SSSR count). The molecule has 1 spiro atoms. The molecule has 6 heterocycles. The highest BCUT2D eigenvalue weighted by Crippen LogP contribution is 2.54. The third kappa shape index (κ3) is 8.47. The fraction of sp³-hybridized carbons (Fsp3) is 0.878. The standard InChI is InChI=1S/C49H82O7SSi/c1-28(2)58(29(3)4,30(5)6)56-44-25-41-42(54-48(44,14)33(9)20-21-57-38-18-16-15-17-19-38)23-31(7)22-39-40(51-41)24-43-45(52-39)34(10)35(11)47-46(53-43)36(12)37(13)49(55-47)26-32(8)27-50-49/h15-19,28-37,39-47H,20-27H2,1-14H3/t31-,32+,33?,34+,35+,36+,37+,39+,40-,41+,42-,43+,44-,45-,46-,47+,48+,49-/m1/s1. The fourth-order valence-corrected chi connectivity index (χ4v) is 19.6. The van der Waals surface area contributed by atoms with Gasteiger partial charge in [-0.05, 0) is 96.2 Å². The molecule has 7 nitrogen and oxygen atoms in total. The van der Waals surface area contributed by atoms with Gasteiger partial charge in [-0.25, -0.2) is 0 Å². The van der Waals surface area contributed by atoms with Crippen molar-refractivity contribution in [2.75, 3.05) is 12.4 Å². The van der Waals surface area contributed by atoms with Gasteiger partial charge >= 0.3 is 0 Å². The fourth-order valence-electron chi connectivity index (χ4n) is 12.9. The Morgan fingerprint density at radius 1 is 0.672 bits per heavy atom. The summed E-state index contributed by atoms with van der Waals surface area (Å²) >= 11 is 1.95. The lowest BCUT2D eigenvalue weighted by molar-refractivity contribution is -0.335. The highest BCUT2D eigenvalue weighted by molar-refractivity contribution is 7.99. The zero-order chi connectivity index (χ0) is 41.9. The second-order valence-electron chi connectivity index (χ2n) is 21.5. The van der Waals surface area contributed by atoms with E-state index in [4.69, 9.17) is 32.8 Å². The minimum atomic E-state index is -2.25. The quantitative estimate of drug-likeness (QED) is 0.170. The second-order valence-corrected chi connectivity index (χ2v) is 28.1. The van der Waals surface area contributed by atoms with Crippen LogP contribution in [0.15, 0.2) is 35.2 Å². The molecule has 9 heteroatoms. The van der Waals surface area contributed by atoms with Crippen LogP contribution in [-0.4, -0.2) is 87.0 Å². The van der Waals surface area contributed by atoms with Crippen LogP contribution in [0.4, 0.5) is 0 Å². The zero-order valence-corrected chi connectivity index (χ0v) is 40.6. The smallest absolute Gasteiger partial charge is 0.200 e. The monoisotopic (exact) mass is 843 g/mol. The lowest BCUT2D eigenvalue weighted by Gasteiger charge is -2.57. The van der Waals surface area contributed by atoms with E-state index in [9.17, 15) is 0 Å². The van der Waals surface area contributed by atoms with Crippen molar-refractivity contribution >= 4 is 20.1 Å². The summed E-state index contributed by atoms with van der Waals surface area (Å²) < 4.78 is 51.2. The number of thioether (sulfide) groups is 1. The Bertz CT molecular complexity index is 1470. The first-order valence-corrected chi connectivity index (χ1v) is 26.8. The Morgan fingerprint density at radius 2 is 1.28 bits per heavy atom. The molecule has 1 unspecified atom stereocenters. The maximum atomic E-state index is 7.85. The van der Waals surface area contributed by atoms with Crippen molar-refractivity contribution in [3.05, 3.63) is 30.3 Å². The Morgan fingerprint density at radius 3 is 1.91 bits per heavy atom.